The molecule has 0 saturated carbocycles. The van der Waals surface area contributed by atoms with Gasteiger partial charge >= 0.3 is 0 Å². The van der Waals surface area contributed by atoms with Crippen LogP contribution in [0.2, 0.25) is 0 Å². The summed E-state index contributed by atoms with van der Waals surface area (Å²) in [5.41, 5.74) is 0. The van der Waals surface area contributed by atoms with Gasteiger partial charge in [-0.25, -0.2) is 0 Å². The molecule has 0 N–H and O–H groups in total. The summed E-state index contributed by atoms with van der Waals surface area (Å²) >= 11 is 0. The molecule has 0 aliphatic carbocycles. The maximum absolute atomic E-state index is 4.11. The molecule has 11 heavy (non-hydrogen) atoms. The second kappa shape index (κ2) is 4.16. The van der Waals surface area contributed by atoms with E-state index in [9.17, 15) is 0 Å². The normalized spacial score (nSPS) is 17.5. The number of rotatable bonds is 3. The Kier molecular flexibility index (Phi) is 3.14. The first-order valence-corrected chi connectivity index (χ1v) is 4.21. The molecule has 1 rings (SSSR count). The zero-order valence-corrected chi connectivity index (χ0v) is 7.33. The van der Waals surface area contributed by atoms with Gasteiger partial charge in [0.05, 0.1) is 12.9 Å². The van der Waals surface area contributed by atoms with Crippen molar-refractivity contribution in [2.45, 2.75) is 20.3 Å². The van der Waals surface area contributed by atoms with E-state index >= 15 is 0 Å². The summed E-state index contributed by atoms with van der Waals surface area (Å²) in [6.45, 7) is 6.45. The molecule has 0 aromatic carbocycles. The van der Waals surface area contributed by atoms with Gasteiger partial charge in [0.15, 0.2) is 0 Å². The van der Waals surface area contributed by atoms with Crippen LogP contribution in [0.3, 0.4) is 0 Å². The first-order chi connectivity index (χ1) is 5.29. The average molecular weight is 152 g/mol. The summed E-state index contributed by atoms with van der Waals surface area (Å²) < 4.78 is 0. The molecule has 0 atom stereocenters. The predicted molar refractivity (Wildman–Crippen MR) is 48.7 cm³/mol. The summed E-state index contributed by atoms with van der Waals surface area (Å²) in [7, 11) is 0. The van der Waals surface area contributed by atoms with E-state index in [-0.39, 0.29) is 0 Å². The summed E-state index contributed by atoms with van der Waals surface area (Å²) in [5.74, 6) is 0.755. The first kappa shape index (κ1) is 8.31. The van der Waals surface area contributed by atoms with Crippen molar-refractivity contribution in [2.75, 3.05) is 13.1 Å². The minimum absolute atomic E-state index is 0.755. The van der Waals surface area contributed by atoms with Crippen molar-refractivity contribution < 1.29 is 0 Å². The van der Waals surface area contributed by atoms with Crippen LogP contribution < -0.4 is 0 Å². The second-order valence-corrected chi connectivity index (χ2v) is 3.27. The predicted octanol–water partition coefficient (Wildman–Crippen LogP) is 1.89. The van der Waals surface area contributed by atoms with Crippen LogP contribution in [-0.2, 0) is 0 Å². The lowest BCUT2D eigenvalue weighted by Gasteiger charge is -2.06. The molecule has 0 bridgehead atoms. The van der Waals surface area contributed by atoms with Crippen molar-refractivity contribution in [3.05, 3.63) is 12.3 Å². The van der Waals surface area contributed by atoms with Gasteiger partial charge in [0.25, 0.3) is 0 Å². The van der Waals surface area contributed by atoms with Gasteiger partial charge in [-0.3, -0.25) is 4.99 Å². The van der Waals surface area contributed by atoms with E-state index in [1.807, 2.05) is 6.34 Å². The molecule has 2 heteroatoms. The summed E-state index contributed by atoms with van der Waals surface area (Å²) in [5, 5.41) is 0. The fourth-order valence-corrected chi connectivity index (χ4v) is 0.975. The first-order valence-electron chi connectivity index (χ1n) is 4.21. The van der Waals surface area contributed by atoms with E-state index in [0.29, 0.717) is 0 Å². The maximum atomic E-state index is 4.11. The van der Waals surface area contributed by atoms with Crippen molar-refractivity contribution in [1.29, 1.82) is 0 Å². The molecule has 0 radical (unpaired) electrons. The van der Waals surface area contributed by atoms with Crippen LogP contribution in [-0.4, -0.2) is 24.3 Å². The van der Waals surface area contributed by atoms with Crippen molar-refractivity contribution in [3.63, 3.8) is 0 Å². The highest BCUT2D eigenvalue weighted by Gasteiger charge is 1.99. The minimum atomic E-state index is 0.755. The van der Waals surface area contributed by atoms with E-state index in [4.69, 9.17) is 0 Å². The monoisotopic (exact) mass is 152 g/mol. The lowest BCUT2D eigenvalue weighted by Crippen LogP contribution is -2.11. The van der Waals surface area contributed by atoms with E-state index in [1.54, 1.807) is 0 Å². The highest BCUT2D eigenvalue weighted by Crippen LogP contribution is 2.01. The summed E-state index contributed by atoms with van der Waals surface area (Å²) in [6, 6.07) is 0. The molecule has 0 aromatic rings. The molecule has 0 unspecified atom stereocenters. The molecule has 0 aromatic heterocycles. The largest absolute Gasteiger partial charge is 0.338 e. The lowest BCUT2D eigenvalue weighted by atomic mass is 10.1. The standard InChI is InChI=1S/C9H16N2/c1-9(2)4-3-6-11-7-5-10-8-11/h3,6,8-9H,4-5,7H2,1-2H3. The molecule has 2 nitrogen and oxygen atoms in total. The van der Waals surface area contributed by atoms with E-state index < -0.39 is 0 Å². The van der Waals surface area contributed by atoms with Gasteiger partial charge in [-0.05, 0) is 12.3 Å². The third-order valence-electron chi connectivity index (χ3n) is 1.62. The Morgan fingerprint density at radius 2 is 2.45 bits per heavy atom. The van der Waals surface area contributed by atoms with Crippen LogP contribution in [0.1, 0.15) is 20.3 Å². The van der Waals surface area contributed by atoms with Gasteiger partial charge < -0.3 is 4.90 Å². The quantitative estimate of drug-likeness (QED) is 0.603. The summed E-state index contributed by atoms with van der Waals surface area (Å²) in [4.78, 5) is 6.24. The molecule has 1 aliphatic heterocycles. The average Bonchev–Trinajstić information content (AvgIpc) is 2.39. The summed E-state index contributed by atoms with van der Waals surface area (Å²) in [6.07, 6.45) is 7.39. The Balaban J connectivity index is 2.18. The number of allylic oxidation sites excluding steroid dienone is 1. The van der Waals surface area contributed by atoms with Crippen LogP contribution in [0.25, 0.3) is 0 Å². The van der Waals surface area contributed by atoms with Gasteiger partial charge in [-0.1, -0.05) is 19.9 Å². The number of aliphatic imine (C=N–C) groups is 1. The highest BCUT2D eigenvalue weighted by molar-refractivity contribution is 5.58. The van der Waals surface area contributed by atoms with Gasteiger partial charge in [0.2, 0.25) is 0 Å². The Hall–Kier alpha value is -0.790. The highest BCUT2D eigenvalue weighted by atomic mass is 15.2. The van der Waals surface area contributed by atoms with Crippen molar-refractivity contribution in [2.24, 2.45) is 10.9 Å². The Bertz CT molecular complexity index is 159. The zero-order valence-electron chi connectivity index (χ0n) is 7.33. The molecular weight excluding hydrogens is 136 g/mol. The number of hydrogen-bond acceptors (Lipinski definition) is 2. The topological polar surface area (TPSA) is 15.6 Å². The van der Waals surface area contributed by atoms with Gasteiger partial charge in [-0.15, -0.1) is 0 Å². The molecular formula is C9H16N2. The van der Waals surface area contributed by atoms with Crippen LogP contribution in [0.5, 0.6) is 0 Å². The van der Waals surface area contributed by atoms with Crippen LogP contribution >= 0.6 is 0 Å². The Morgan fingerprint density at radius 3 is 3.00 bits per heavy atom. The van der Waals surface area contributed by atoms with Crippen LogP contribution in [0.15, 0.2) is 17.3 Å². The number of hydrogen-bond donors (Lipinski definition) is 0. The zero-order chi connectivity index (χ0) is 8.10. The molecule has 1 aliphatic rings. The van der Waals surface area contributed by atoms with Crippen LogP contribution in [0, 0.1) is 5.92 Å². The SMILES string of the molecule is CC(C)CC=CN1C=NCC1. The fraction of sp³-hybridized carbons (Fsp3) is 0.667. The molecule has 62 valence electrons. The molecule has 0 spiro atoms. The molecule has 1 heterocycles. The van der Waals surface area contributed by atoms with Crippen LogP contribution in [0.4, 0.5) is 0 Å². The smallest absolute Gasteiger partial charge is 0.0890 e. The molecule has 0 saturated heterocycles. The lowest BCUT2D eigenvalue weighted by molar-refractivity contribution is 0.607. The van der Waals surface area contributed by atoms with E-state index in [1.165, 1.54) is 0 Å². The third-order valence-corrected chi connectivity index (χ3v) is 1.62. The van der Waals surface area contributed by atoms with Crippen molar-refractivity contribution >= 4 is 6.34 Å². The Labute approximate surface area is 68.6 Å². The number of nitrogens with zero attached hydrogens (tertiary/aromatic N) is 2. The molecule has 0 amide bonds. The van der Waals surface area contributed by atoms with Crippen molar-refractivity contribution in [3.8, 4) is 0 Å². The Morgan fingerprint density at radius 1 is 1.64 bits per heavy atom. The fourth-order valence-electron chi connectivity index (χ4n) is 0.975. The van der Waals surface area contributed by atoms with Gasteiger partial charge in [-0.2, -0.15) is 0 Å². The molecule has 0 fully saturated rings. The maximum Gasteiger partial charge on any atom is 0.0890 e. The van der Waals surface area contributed by atoms with Crippen molar-refractivity contribution in [1.82, 2.24) is 4.90 Å². The minimum Gasteiger partial charge on any atom is -0.338 e. The third kappa shape index (κ3) is 3.21. The second-order valence-electron chi connectivity index (χ2n) is 3.27. The van der Waals surface area contributed by atoms with Gasteiger partial charge in [0, 0.05) is 12.7 Å². The van der Waals surface area contributed by atoms with Gasteiger partial charge in [0.1, 0.15) is 0 Å². The van der Waals surface area contributed by atoms with E-state index in [2.05, 4.69) is 36.0 Å². The van der Waals surface area contributed by atoms with E-state index in [0.717, 1.165) is 25.4 Å².